The Kier molecular flexibility index (Phi) is 6.90. The summed E-state index contributed by atoms with van der Waals surface area (Å²) in [5.41, 5.74) is 4.08. The van der Waals surface area contributed by atoms with Crippen LogP contribution in [-0.2, 0) is 12.7 Å². The van der Waals surface area contributed by atoms with Crippen molar-refractivity contribution < 1.29 is 17.9 Å². The lowest BCUT2D eigenvalue weighted by Crippen LogP contribution is -2.30. The Morgan fingerprint density at radius 1 is 0.971 bits per heavy atom. The molecule has 0 aliphatic heterocycles. The molecule has 3 aromatic carbocycles. The highest BCUT2D eigenvalue weighted by molar-refractivity contribution is 5.82. The number of benzene rings is 3. The van der Waals surface area contributed by atoms with Gasteiger partial charge in [-0.25, -0.2) is 4.98 Å². The number of halogens is 3. The summed E-state index contributed by atoms with van der Waals surface area (Å²) in [6.45, 7) is 6.64. The molecule has 4 rings (SSSR count). The normalized spacial score (nSPS) is 12.9. The fourth-order valence-electron chi connectivity index (χ4n) is 3.92. The molecule has 0 saturated carbocycles. The van der Waals surface area contributed by atoms with Crippen LogP contribution in [0.25, 0.3) is 22.4 Å². The molecule has 1 unspecified atom stereocenters. The summed E-state index contributed by atoms with van der Waals surface area (Å²) in [7, 11) is 3.97. The van der Waals surface area contributed by atoms with E-state index in [2.05, 4.69) is 11.8 Å². The largest absolute Gasteiger partial charge is 0.492 e. The zero-order chi connectivity index (χ0) is 25.3. The van der Waals surface area contributed by atoms with E-state index < -0.39 is 11.7 Å². The first kappa shape index (κ1) is 24.8. The van der Waals surface area contributed by atoms with E-state index in [-0.39, 0.29) is 18.2 Å². The van der Waals surface area contributed by atoms with Crippen LogP contribution in [0.2, 0.25) is 0 Å². The van der Waals surface area contributed by atoms with Crippen LogP contribution in [0.4, 0.5) is 13.2 Å². The summed E-state index contributed by atoms with van der Waals surface area (Å²) >= 11 is 0. The average Bonchev–Trinajstić information content (AvgIpc) is 3.16. The van der Waals surface area contributed by atoms with E-state index in [1.807, 2.05) is 68.9 Å². The molecular formula is C28H30F3N3O. The van der Waals surface area contributed by atoms with Gasteiger partial charge in [0.1, 0.15) is 18.2 Å². The van der Waals surface area contributed by atoms with Crippen molar-refractivity contribution in [3.8, 4) is 17.1 Å². The van der Waals surface area contributed by atoms with Gasteiger partial charge in [-0.1, -0.05) is 30.3 Å². The first-order valence-corrected chi connectivity index (χ1v) is 11.6. The number of hydrogen-bond acceptors (Lipinski definition) is 3. The molecular weight excluding hydrogens is 451 g/mol. The topological polar surface area (TPSA) is 30.3 Å². The summed E-state index contributed by atoms with van der Waals surface area (Å²) in [5.74, 6) is 1.28. The molecule has 0 aliphatic carbocycles. The second kappa shape index (κ2) is 9.74. The number of likely N-dealkylation sites (N-methyl/N-ethyl adjacent to an activating group) is 1. The molecule has 0 bridgehead atoms. The highest BCUT2D eigenvalue weighted by atomic mass is 19.4. The zero-order valence-electron chi connectivity index (χ0n) is 20.6. The predicted octanol–water partition coefficient (Wildman–Crippen LogP) is 6.72. The SMILES string of the molecule is Cc1ccc(-c2nc3ccc(OCC(C)N(C)C)cc3n2Cc2ccccc2C(F)(F)F)cc1C. The number of nitrogens with zero attached hydrogens (tertiary/aromatic N) is 3. The van der Waals surface area contributed by atoms with E-state index in [1.54, 1.807) is 6.07 Å². The molecule has 0 aliphatic rings. The van der Waals surface area contributed by atoms with Gasteiger partial charge in [0.25, 0.3) is 0 Å². The maximum atomic E-state index is 13.8. The van der Waals surface area contributed by atoms with Gasteiger partial charge >= 0.3 is 6.18 Å². The monoisotopic (exact) mass is 481 g/mol. The average molecular weight is 482 g/mol. The molecule has 4 aromatic rings. The molecule has 0 radical (unpaired) electrons. The number of rotatable bonds is 7. The zero-order valence-corrected chi connectivity index (χ0v) is 20.6. The highest BCUT2D eigenvalue weighted by Crippen LogP contribution is 2.35. The van der Waals surface area contributed by atoms with Crippen LogP contribution in [0.1, 0.15) is 29.2 Å². The van der Waals surface area contributed by atoms with E-state index in [1.165, 1.54) is 12.1 Å². The number of imidazole rings is 1. The van der Waals surface area contributed by atoms with Crippen LogP contribution in [0.15, 0.2) is 60.7 Å². The summed E-state index contributed by atoms with van der Waals surface area (Å²) in [4.78, 5) is 6.89. The molecule has 4 nitrogen and oxygen atoms in total. The lowest BCUT2D eigenvalue weighted by molar-refractivity contribution is -0.138. The molecule has 7 heteroatoms. The molecule has 1 heterocycles. The lowest BCUT2D eigenvalue weighted by Gasteiger charge is -2.20. The third-order valence-corrected chi connectivity index (χ3v) is 6.51. The Morgan fingerprint density at radius 3 is 2.40 bits per heavy atom. The van der Waals surface area contributed by atoms with Crippen LogP contribution >= 0.6 is 0 Å². The smallest absolute Gasteiger partial charge is 0.416 e. The molecule has 0 spiro atoms. The maximum absolute atomic E-state index is 13.8. The Hall–Kier alpha value is -3.32. The number of aryl methyl sites for hydroxylation is 2. The third kappa shape index (κ3) is 5.35. The quantitative estimate of drug-likeness (QED) is 0.294. The van der Waals surface area contributed by atoms with E-state index in [9.17, 15) is 13.2 Å². The van der Waals surface area contributed by atoms with Gasteiger partial charge in [-0.15, -0.1) is 0 Å². The van der Waals surface area contributed by atoms with Crippen LogP contribution in [0.3, 0.4) is 0 Å². The fraction of sp³-hybridized carbons (Fsp3) is 0.321. The van der Waals surface area contributed by atoms with Gasteiger partial charge in [-0.2, -0.15) is 13.2 Å². The number of alkyl halides is 3. The first-order valence-electron chi connectivity index (χ1n) is 11.6. The fourth-order valence-corrected chi connectivity index (χ4v) is 3.92. The van der Waals surface area contributed by atoms with Crippen molar-refractivity contribution in [2.24, 2.45) is 0 Å². The Bertz CT molecular complexity index is 1340. The minimum Gasteiger partial charge on any atom is -0.492 e. The van der Waals surface area contributed by atoms with Crippen molar-refractivity contribution in [1.82, 2.24) is 14.5 Å². The summed E-state index contributed by atoms with van der Waals surface area (Å²) in [6.07, 6.45) is -4.44. The highest BCUT2D eigenvalue weighted by Gasteiger charge is 2.33. The molecule has 1 aromatic heterocycles. The number of hydrogen-bond donors (Lipinski definition) is 0. The molecule has 0 fully saturated rings. The molecule has 184 valence electrons. The van der Waals surface area contributed by atoms with Crippen LogP contribution in [-0.4, -0.2) is 41.2 Å². The number of aromatic nitrogens is 2. The first-order chi connectivity index (χ1) is 16.5. The van der Waals surface area contributed by atoms with Crippen molar-refractivity contribution in [2.45, 2.75) is 39.5 Å². The summed E-state index contributed by atoms with van der Waals surface area (Å²) in [6, 6.07) is 17.5. The predicted molar refractivity (Wildman–Crippen MR) is 134 cm³/mol. The van der Waals surface area contributed by atoms with Gasteiger partial charge in [-0.05, 0) is 75.8 Å². The van der Waals surface area contributed by atoms with Crippen molar-refractivity contribution in [3.05, 3.63) is 82.9 Å². The van der Waals surface area contributed by atoms with Gasteiger partial charge in [0.2, 0.25) is 0 Å². The minimum absolute atomic E-state index is 0.0337. The lowest BCUT2D eigenvalue weighted by atomic mass is 10.0. The van der Waals surface area contributed by atoms with Gasteiger partial charge in [-0.3, -0.25) is 0 Å². The minimum atomic E-state index is -4.44. The molecule has 0 amide bonds. The number of fused-ring (bicyclic) bond motifs is 1. The van der Waals surface area contributed by atoms with Crippen molar-refractivity contribution in [2.75, 3.05) is 20.7 Å². The summed E-state index contributed by atoms with van der Waals surface area (Å²) in [5, 5.41) is 0. The van der Waals surface area contributed by atoms with Crippen LogP contribution in [0, 0.1) is 13.8 Å². The van der Waals surface area contributed by atoms with Crippen molar-refractivity contribution in [1.29, 1.82) is 0 Å². The van der Waals surface area contributed by atoms with Crippen LogP contribution < -0.4 is 4.74 Å². The van der Waals surface area contributed by atoms with Gasteiger partial charge < -0.3 is 14.2 Å². The Balaban J connectivity index is 1.84. The molecule has 0 saturated heterocycles. The Morgan fingerprint density at radius 2 is 1.71 bits per heavy atom. The van der Waals surface area contributed by atoms with E-state index in [0.717, 1.165) is 28.3 Å². The Labute approximate surface area is 204 Å². The van der Waals surface area contributed by atoms with Gasteiger partial charge in [0.05, 0.1) is 23.1 Å². The van der Waals surface area contributed by atoms with E-state index in [0.29, 0.717) is 23.7 Å². The summed E-state index contributed by atoms with van der Waals surface area (Å²) < 4.78 is 49.2. The molecule has 0 N–H and O–H groups in total. The van der Waals surface area contributed by atoms with Crippen molar-refractivity contribution >= 4 is 11.0 Å². The van der Waals surface area contributed by atoms with Crippen molar-refractivity contribution in [3.63, 3.8) is 0 Å². The third-order valence-electron chi connectivity index (χ3n) is 6.51. The van der Waals surface area contributed by atoms with Crippen LogP contribution in [0.5, 0.6) is 5.75 Å². The van der Waals surface area contributed by atoms with E-state index >= 15 is 0 Å². The second-order valence-electron chi connectivity index (χ2n) is 9.25. The van der Waals surface area contributed by atoms with Gasteiger partial charge in [0.15, 0.2) is 0 Å². The van der Waals surface area contributed by atoms with E-state index in [4.69, 9.17) is 9.72 Å². The standard InChI is InChI=1S/C28H30F3N3O/c1-18-10-11-21(14-19(18)2)27-32-25-13-12-23(35-17-20(3)33(4)5)15-26(25)34(27)16-22-8-6-7-9-24(22)28(29,30)31/h6-15,20H,16-17H2,1-5H3. The maximum Gasteiger partial charge on any atom is 0.416 e. The number of ether oxygens (including phenoxy) is 1. The molecule has 1 atom stereocenters. The molecule has 35 heavy (non-hydrogen) atoms. The second-order valence-corrected chi connectivity index (χ2v) is 9.25. The van der Waals surface area contributed by atoms with Gasteiger partial charge in [0, 0.05) is 17.7 Å².